The molecule has 2 aromatic carbocycles. The lowest BCUT2D eigenvalue weighted by atomic mass is 9.63. The molecular formula is C31H39F5O. The molecule has 0 bridgehead atoms. The van der Waals surface area contributed by atoms with Crippen LogP contribution < -0.4 is 4.74 Å². The van der Waals surface area contributed by atoms with E-state index in [4.69, 9.17) is 0 Å². The number of rotatable bonds is 10. The minimum absolute atomic E-state index is 0.234. The first kappa shape index (κ1) is 27.9. The van der Waals surface area contributed by atoms with Gasteiger partial charge in [-0.05, 0) is 85.1 Å². The fraction of sp³-hybridized carbons (Fsp3) is 0.613. The second kappa shape index (κ2) is 12.6. The van der Waals surface area contributed by atoms with Crippen LogP contribution in [0.1, 0.15) is 95.5 Å². The third-order valence-corrected chi connectivity index (χ3v) is 8.54. The fourth-order valence-electron chi connectivity index (χ4n) is 6.55. The number of hydrogen-bond acceptors (Lipinski definition) is 1. The van der Waals surface area contributed by atoms with Crippen LogP contribution in [0.3, 0.4) is 0 Å². The van der Waals surface area contributed by atoms with Crippen LogP contribution in [0.2, 0.25) is 0 Å². The van der Waals surface area contributed by atoms with Crippen molar-refractivity contribution in [3.8, 4) is 16.9 Å². The van der Waals surface area contributed by atoms with Gasteiger partial charge in [0.2, 0.25) is 0 Å². The van der Waals surface area contributed by atoms with Crippen LogP contribution in [0.15, 0.2) is 36.4 Å². The topological polar surface area (TPSA) is 9.23 Å². The maximum Gasteiger partial charge on any atom is 0.422 e. The molecule has 37 heavy (non-hydrogen) atoms. The minimum atomic E-state index is -4.56. The van der Waals surface area contributed by atoms with E-state index in [1.807, 2.05) is 6.07 Å². The molecule has 1 nitrogen and oxygen atoms in total. The van der Waals surface area contributed by atoms with E-state index < -0.39 is 30.2 Å². The largest absolute Gasteiger partial charge is 0.481 e. The molecule has 0 spiro atoms. The van der Waals surface area contributed by atoms with E-state index in [0.717, 1.165) is 48.3 Å². The summed E-state index contributed by atoms with van der Waals surface area (Å²) in [4.78, 5) is 0. The van der Waals surface area contributed by atoms with Crippen molar-refractivity contribution in [2.24, 2.45) is 17.8 Å². The van der Waals surface area contributed by atoms with Crippen molar-refractivity contribution in [2.45, 2.75) is 96.1 Å². The number of fused-ring (bicyclic) bond motifs is 1. The molecule has 2 aliphatic carbocycles. The van der Waals surface area contributed by atoms with E-state index in [9.17, 15) is 17.6 Å². The van der Waals surface area contributed by atoms with Gasteiger partial charge in [0, 0.05) is 5.56 Å². The molecule has 0 radical (unpaired) electrons. The molecule has 0 aliphatic heterocycles. The summed E-state index contributed by atoms with van der Waals surface area (Å²) in [5, 5.41) is 0. The van der Waals surface area contributed by atoms with Gasteiger partial charge < -0.3 is 4.74 Å². The zero-order chi connectivity index (χ0) is 26.4. The Kier molecular flexibility index (Phi) is 9.52. The molecule has 204 valence electrons. The summed E-state index contributed by atoms with van der Waals surface area (Å²) in [5.74, 6) is 0.856. The molecule has 2 fully saturated rings. The third-order valence-electron chi connectivity index (χ3n) is 8.54. The molecule has 0 saturated heterocycles. The van der Waals surface area contributed by atoms with E-state index in [1.165, 1.54) is 70.3 Å². The number of halogens is 5. The first-order chi connectivity index (χ1) is 17.7. The van der Waals surface area contributed by atoms with E-state index >= 15 is 4.39 Å². The van der Waals surface area contributed by atoms with Crippen LogP contribution in [0.4, 0.5) is 22.0 Å². The van der Waals surface area contributed by atoms with Crippen molar-refractivity contribution in [3.05, 3.63) is 53.6 Å². The Labute approximate surface area is 217 Å². The molecule has 4 rings (SSSR count). The number of unbranched alkanes of at least 4 members (excludes halogenated alkanes) is 4. The van der Waals surface area contributed by atoms with Gasteiger partial charge in [-0.2, -0.15) is 13.2 Å². The predicted octanol–water partition coefficient (Wildman–Crippen LogP) is 10.2. The quantitative estimate of drug-likeness (QED) is 0.223. The molecule has 2 saturated carbocycles. The van der Waals surface area contributed by atoms with Gasteiger partial charge in [0.15, 0.2) is 18.2 Å². The number of hydrogen-bond donors (Lipinski definition) is 0. The van der Waals surface area contributed by atoms with E-state index in [0.29, 0.717) is 5.92 Å². The Morgan fingerprint density at radius 3 is 2.30 bits per heavy atom. The van der Waals surface area contributed by atoms with E-state index in [1.54, 1.807) is 12.1 Å². The second-order valence-corrected chi connectivity index (χ2v) is 11.2. The van der Waals surface area contributed by atoms with Gasteiger partial charge in [-0.1, -0.05) is 70.1 Å². The Bertz CT molecular complexity index is 1020. The van der Waals surface area contributed by atoms with Crippen molar-refractivity contribution in [1.82, 2.24) is 0 Å². The summed E-state index contributed by atoms with van der Waals surface area (Å²) < 4.78 is 71.0. The zero-order valence-electron chi connectivity index (χ0n) is 21.8. The van der Waals surface area contributed by atoms with Crippen molar-refractivity contribution in [3.63, 3.8) is 0 Å². The number of alkyl halides is 3. The van der Waals surface area contributed by atoms with Crippen molar-refractivity contribution in [1.29, 1.82) is 0 Å². The highest BCUT2D eigenvalue weighted by molar-refractivity contribution is 5.65. The fourth-order valence-corrected chi connectivity index (χ4v) is 6.55. The molecule has 2 aromatic rings. The summed E-state index contributed by atoms with van der Waals surface area (Å²) in [6.45, 7) is 0.679. The first-order valence-electron chi connectivity index (χ1n) is 14.0. The smallest absolute Gasteiger partial charge is 0.422 e. The van der Waals surface area contributed by atoms with Crippen LogP contribution in [0, 0.1) is 29.4 Å². The summed E-state index contributed by atoms with van der Waals surface area (Å²) in [6.07, 6.45) is 10.9. The van der Waals surface area contributed by atoms with Crippen LogP contribution in [-0.4, -0.2) is 12.8 Å². The van der Waals surface area contributed by atoms with E-state index in [2.05, 4.69) is 11.7 Å². The Morgan fingerprint density at radius 1 is 0.811 bits per heavy atom. The van der Waals surface area contributed by atoms with Crippen LogP contribution in [0.25, 0.3) is 11.1 Å². The van der Waals surface area contributed by atoms with Crippen molar-refractivity contribution >= 4 is 0 Å². The molecule has 0 heterocycles. The van der Waals surface area contributed by atoms with Gasteiger partial charge in [0.25, 0.3) is 0 Å². The third kappa shape index (κ3) is 7.70. The van der Waals surface area contributed by atoms with Crippen molar-refractivity contribution < 1.29 is 26.7 Å². The molecule has 0 amide bonds. The summed E-state index contributed by atoms with van der Waals surface area (Å²) in [6, 6.07) is 8.69. The lowest BCUT2D eigenvalue weighted by Crippen LogP contribution is -2.30. The van der Waals surface area contributed by atoms with Crippen LogP contribution in [-0.2, 0) is 0 Å². The lowest BCUT2D eigenvalue weighted by molar-refractivity contribution is -0.153. The highest BCUT2D eigenvalue weighted by Crippen LogP contribution is 2.48. The molecule has 0 aromatic heterocycles. The highest BCUT2D eigenvalue weighted by atomic mass is 19.4. The zero-order valence-corrected chi connectivity index (χ0v) is 21.8. The monoisotopic (exact) mass is 522 g/mol. The van der Waals surface area contributed by atoms with E-state index in [-0.39, 0.29) is 11.1 Å². The summed E-state index contributed by atoms with van der Waals surface area (Å²) in [7, 11) is 0. The molecular weight excluding hydrogens is 483 g/mol. The minimum Gasteiger partial charge on any atom is -0.481 e. The van der Waals surface area contributed by atoms with Crippen molar-refractivity contribution in [2.75, 3.05) is 6.61 Å². The highest BCUT2D eigenvalue weighted by Gasteiger charge is 2.36. The standard InChI is InChI=1S/C31H39F5O/c1-2-3-4-5-6-7-21-8-9-23-17-24(11-10-22(23)16-21)25-12-14-27(28(32)18-25)26-13-15-30(29(33)19-26)37-20-31(34,35)36/h12-15,18-19,21-24H,2-11,16-17,20H2,1H3. The first-order valence-corrected chi connectivity index (χ1v) is 14.0. The van der Waals surface area contributed by atoms with Gasteiger partial charge in [-0.25, -0.2) is 8.78 Å². The maximum atomic E-state index is 15.1. The predicted molar refractivity (Wildman–Crippen MR) is 138 cm³/mol. The number of benzene rings is 2. The Hall–Kier alpha value is -2.11. The second-order valence-electron chi connectivity index (χ2n) is 11.2. The molecule has 0 N–H and O–H groups in total. The van der Waals surface area contributed by atoms with Gasteiger partial charge in [-0.15, -0.1) is 0 Å². The van der Waals surface area contributed by atoms with Gasteiger partial charge in [-0.3, -0.25) is 0 Å². The molecule has 2 aliphatic rings. The maximum absolute atomic E-state index is 15.1. The Balaban J connectivity index is 1.33. The molecule has 4 atom stereocenters. The van der Waals surface area contributed by atoms with Crippen LogP contribution in [0.5, 0.6) is 5.75 Å². The van der Waals surface area contributed by atoms with Gasteiger partial charge in [0.1, 0.15) is 5.82 Å². The summed E-state index contributed by atoms with van der Waals surface area (Å²) in [5.41, 5.74) is 1.50. The average molecular weight is 523 g/mol. The van der Waals surface area contributed by atoms with Gasteiger partial charge in [0.05, 0.1) is 0 Å². The molecule has 6 heteroatoms. The average Bonchev–Trinajstić information content (AvgIpc) is 2.87. The summed E-state index contributed by atoms with van der Waals surface area (Å²) >= 11 is 0. The Morgan fingerprint density at radius 2 is 1.57 bits per heavy atom. The number of ether oxygens (including phenoxy) is 1. The molecule has 4 unspecified atom stereocenters. The van der Waals surface area contributed by atoms with Gasteiger partial charge >= 0.3 is 6.18 Å². The lowest BCUT2D eigenvalue weighted by Gasteiger charge is -2.42. The normalized spacial score (nSPS) is 24.1. The SMILES string of the molecule is CCCCCCCC1CCC2CC(c3ccc(-c4ccc(OCC(F)(F)F)c(F)c4)c(F)c3)CCC2C1. The van der Waals surface area contributed by atoms with Crippen LogP contribution >= 0.6 is 0 Å².